The summed E-state index contributed by atoms with van der Waals surface area (Å²) in [5.41, 5.74) is 0.481. The van der Waals surface area contributed by atoms with E-state index in [1.54, 1.807) is 38.3 Å². The summed E-state index contributed by atoms with van der Waals surface area (Å²) < 4.78 is 15.4. The van der Waals surface area contributed by atoms with Crippen molar-refractivity contribution in [3.8, 4) is 11.5 Å². The van der Waals surface area contributed by atoms with Gasteiger partial charge in [0.2, 0.25) is 5.91 Å². The van der Waals surface area contributed by atoms with Gasteiger partial charge in [-0.15, -0.1) is 0 Å². The molecule has 1 unspecified atom stereocenters. The number of carbonyl (C=O) groups is 2. The minimum Gasteiger partial charge on any atom is -0.497 e. The third-order valence-corrected chi connectivity index (χ3v) is 4.24. The van der Waals surface area contributed by atoms with Gasteiger partial charge in [0.1, 0.15) is 23.8 Å². The smallest absolute Gasteiger partial charge is 0.322 e. The molecule has 3 amide bonds. The number of aromatic nitrogens is 1. The fourth-order valence-electron chi connectivity index (χ4n) is 2.50. The van der Waals surface area contributed by atoms with E-state index in [2.05, 4.69) is 15.8 Å². The minimum absolute atomic E-state index is 0.134. The van der Waals surface area contributed by atoms with E-state index in [9.17, 15) is 9.59 Å². The van der Waals surface area contributed by atoms with Gasteiger partial charge in [-0.05, 0) is 32.4 Å². The molecular weight excluding hydrogens is 364 g/mol. The number of benzene rings is 1. The molecular formula is C19H26N4O5. The van der Waals surface area contributed by atoms with Crippen LogP contribution in [0.4, 0.5) is 16.3 Å². The van der Waals surface area contributed by atoms with Crippen LogP contribution < -0.4 is 20.1 Å². The van der Waals surface area contributed by atoms with E-state index in [0.717, 1.165) is 0 Å². The van der Waals surface area contributed by atoms with Crippen LogP contribution in [0.15, 0.2) is 28.8 Å². The van der Waals surface area contributed by atoms with Crippen LogP contribution >= 0.6 is 0 Å². The quantitative estimate of drug-likeness (QED) is 0.717. The maximum atomic E-state index is 12.8. The van der Waals surface area contributed by atoms with Gasteiger partial charge in [0.15, 0.2) is 5.82 Å². The Bertz CT molecular complexity index is 820. The van der Waals surface area contributed by atoms with Crippen LogP contribution in [-0.2, 0) is 4.79 Å². The first-order valence-electron chi connectivity index (χ1n) is 8.90. The first kappa shape index (κ1) is 21.1. The minimum atomic E-state index is -0.413. The Morgan fingerprint density at radius 3 is 2.54 bits per heavy atom. The molecule has 0 aliphatic heterocycles. The van der Waals surface area contributed by atoms with Crippen molar-refractivity contribution in [1.29, 1.82) is 0 Å². The maximum absolute atomic E-state index is 12.8. The average molecular weight is 390 g/mol. The van der Waals surface area contributed by atoms with Crippen LogP contribution in [0.1, 0.15) is 26.0 Å². The molecule has 0 aliphatic carbocycles. The summed E-state index contributed by atoms with van der Waals surface area (Å²) in [5, 5.41) is 9.14. The Kier molecular flexibility index (Phi) is 7.25. The lowest BCUT2D eigenvalue weighted by Crippen LogP contribution is -2.45. The normalized spacial score (nSPS) is 11.5. The van der Waals surface area contributed by atoms with Crippen LogP contribution in [0.5, 0.6) is 11.5 Å². The van der Waals surface area contributed by atoms with Gasteiger partial charge in [-0.1, -0.05) is 12.1 Å². The van der Waals surface area contributed by atoms with Crippen molar-refractivity contribution in [3.05, 3.63) is 30.0 Å². The maximum Gasteiger partial charge on any atom is 0.322 e. The van der Waals surface area contributed by atoms with Crippen LogP contribution in [0.2, 0.25) is 0 Å². The second-order valence-electron chi connectivity index (χ2n) is 6.25. The van der Waals surface area contributed by atoms with E-state index in [1.807, 2.05) is 13.8 Å². The molecule has 0 saturated carbocycles. The molecule has 0 aliphatic rings. The van der Waals surface area contributed by atoms with Crippen LogP contribution in [0.25, 0.3) is 0 Å². The van der Waals surface area contributed by atoms with Crippen molar-refractivity contribution in [1.82, 2.24) is 10.1 Å². The number of nitrogens with zero attached hydrogens (tertiary/aromatic N) is 2. The SMILES string of the molecule is CCC(C)N(CC(=O)Nc1cc(C)on1)C(=O)Nc1ccc(OC)cc1OC. The molecule has 2 N–H and O–H groups in total. The highest BCUT2D eigenvalue weighted by Gasteiger charge is 2.23. The van der Waals surface area contributed by atoms with Gasteiger partial charge >= 0.3 is 6.03 Å². The van der Waals surface area contributed by atoms with Gasteiger partial charge in [0, 0.05) is 18.2 Å². The van der Waals surface area contributed by atoms with Crippen molar-refractivity contribution in [2.45, 2.75) is 33.2 Å². The van der Waals surface area contributed by atoms with Gasteiger partial charge < -0.3 is 29.5 Å². The van der Waals surface area contributed by atoms with E-state index in [0.29, 0.717) is 35.2 Å². The van der Waals surface area contributed by atoms with Gasteiger partial charge in [-0.2, -0.15) is 0 Å². The summed E-state index contributed by atoms with van der Waals surface area (Å²) in [5.74, 6) is 1.59. The number of hydrogen-bond donors (Lipinski definition) is 2. The van der Waals surface area contributed by atoms with Crippen molar-refractivity contribution < 1.29 is 23.6 Å². The summed E-state index contributed by atoms with van der Waals surface area (Å²) >= 11 is 0. The molecule has 9 nitrogen and oxygen atoms in total. The highest BCUT2D eigenvalue weighted by molar-refractivity contribution is 5.97. The van der Waals surface area contributed by atoms with Gasteiger partial charge in [-0.3, -0.25) is 4.79 Å². The number of methoxy groups -OCH3 is 2. The number of aryl methyl sites for hydroxylation is 1. The average Bonchev–Trinajstić information content (AvgIpc) is 3.10. The third-order valence-electron chi connectivity index (χ3n) is 4.24. The number of urea groups is 1. The first-order chi connectivity index (χ1) is 13.4. The van der Waals surface area contributed by atoms with Gasteiger partial charge in [0.05, 0.1) is 19.9 Å². The number of nitrogens with one attached hydrogen (secondary N) is 2. The number of hydrogen-bond acceptors (Lipinski definition) is 6. The lowest BCUT2D eigenvalue weighted by molar-refractivity contribution is -0.117. The van der Waals surface area contributed by atoms with E-state index in [4.69, 9.17) is 14.0 Å². The molecule has 0 fully saturated rings. The summed E-state index contributed by atoms with van der Waals surface area (Å²) in [6.45, 7) is 5.41. The zero-order valence-electron chi connectivity index (χ0n) is 16.7. The van der Waals surface area contributed by atoms with E-state index >= 15 is 0 Å². The molecule has 9 heteroatoms. The predicted molar refractivity (Wildman–Crippen MR) is 105 cm³/mol. The second-order valence-corrected chi connectivity index (χ2v) is 6.25. The zero-order valence-corrected chi connectivity index (χ0v) is 16.7. The van der Waals surface area contributed by atoms with Crippen LogP contribution in [0, 0.1) is 6.92 Å². The Morgan fingerprint density at radius 1 is 1.21 bits per heavy atom. The molecule has 1 aromatic carbocycles. The van der Waals surface area contributed by atoms with Crippen molar-refractivity contribution in [2.24, 2.45) is 0 Å². The topological polar surface area (TPSA) is 106 Å². The Hall–Kier alpha value is -3.23. The largest absolute Gasteiger partial charge is 0.497 e. The number of ether oxygens (including phenoxy) is 2. The molecule has 28 heavy (non-hydrogen) atoms. The van der Waals surface area contributed by atoms with E-state index in [-0.39, 0.29) is 18.5 Å². The predicted octanol–water partition coefficient (Wildman–Crippen LogP) is 3.27. The summed E-state index contributed by atoms with van der Waals surface area (Å²) in [6.07, 6.45) is 0.684. The zero-order chi connectivity index (χ0) is 20.7. The van der Waals surface area contributed by atoms with Crippen molar-refractivity contribution >= 4 is 23.4 Å². The van der Waals surface area contributed by atoms with Crippen LogP contribution in [0.3, 0.4) is 0 Å². The van der Waals surface area contributed by atoms with Crippen molar-refractivity contribution in [2.75, 3.05) is 31.4 Å². The second kappa shape index (κ2) is 9.63. The monoisotopic (exact) mass is 390 g/mol. The van der Waals surface area contributed by atoms with E-state index < -0.39 is 6.03 Å². The lowest BCUT2D eigenvalue weighted by Gasteiger charge is -2.28. The highest BCUT2D eigenvalue weighted by Crippen LogP contribution is 2.29. The molecule has 0 spiro atoms. The molecule has 2 rings (SSSR count). The third kappa shape index (κ3) is 5.38. The Morgan fingerprint density at radius 2 is 1.96 bits per heavy atom. The summed E-state index contributed by atoms with van der Waals surface area (Å²) in [4.78, 5) is 26.7. The summed E-state index contributed by atoms with van der Waals surface area (Å²) in [6, 6.07) is 6.10. The fourth-order valence-corrected chi connectivity index (χ4v) is 2.50. The molecule has 152 valence electrons. The molecule has 0 saturated heterocycles. The molecule has 0 bridgehead atoms. The van der Waals surface area contributed by atoms with E-state index in [1.165, 1.54) is 12.0 Å². The molecule has 2 aromatic rings. The number of rotatable bonds is 8. The first-order valence-corrected chi connectivity index (χ1v) is 8.90. The summed E-state index contributed by atoms with van der Waals surface area (Å²) in [7, 11) is 3.05. The highest BCUT2D eigenvalue weighted by atomic mass is 16.5. The van der Waals surface area contributed by atoms with Crippen LogP contribution in [-0.4, -0.2) is 48.8 Å². The standard InChI is InChI=1S/C19H26N4O5/c1-6-12(2)23(11-18(24)21-17-9-13(3)28-22-17)19(25)20-15-8-7-14(26-4)10-16(15)27-5/h7-10,12H,6,11H2,1-5H3,(H,20,25)(H,21,22,24). The Balaban J connectivity index is 2.11. The fraction of sp³-hybridized carbons (Fsp3) is 0.421. The number of amides is 3. The van der Waals surface area contributed by atoms with Crippen molar-refractivity contribution in [3.63, 3.8) is 0 Å². The number of carbonyl (C=O) groups excluding carboxylic acids is 2. The molecule has 1 heterocycles. The molecule has 1 atom stereocenters. The Labute approximate surface area is 164 Å². The van der Waals surface area contributed by atoms with Gasteiger partial charge in [-0.25, -0.2) is 4.79 Å². The van der Waals surface area contributed by atoms with Gasteiger partial charge in [0.25, 0.3) is 0 Å². The molecule has 0 radical (unpaired) electrons. The lowest BCUT2D eigenvalue weighted by atomic mass is 10.2. The number of anilines is 2. The molecule has 1 aromatic heterocycles.